The maximum atomic E-state index is 4.17. The van der Waals surface area contributed by atoms with E-state index < -0.39 is 0 Å². The van der Waals surface area contributed by atoms with Crippen LogP contribution >= 0.6 is 11.5 Å². The number of halogens is 1. The van der Waals surface area contributed by atoms with E-state index in [9.17, 15) is 0 Å². The second-order valence-corrected chi connectivity index (χ2v) is 6.79. The number of rotatable bonds is 7. The van der Waals surface area contributed by atoms with E-state index in [1.165, 1.54) is 23.5 Å². The van der Waals surface area contributed by atoms with Gasteiger partial charge in [-0.15, -0.1) is 10.2 Å². The van der Waals surface area contributed by atoms with Crippen molar-refractivity contribution >= 4 is 28.0 Å². The molecule has 0 fully saturated rings. The normalized spacial score (nSPS) is 11.5. The summed E-state index contributed by atoms with van der Waals surface area (Å²) in [7, 11) is 6.64. The fraction of sp³-hybridized carbons (Fsp3) is 0.467. The quantitative estimate of drug-likeness (QED) is 0.503. The first kappa shape index (κ1) is 19.7. The van der Waals surface area contributed by atoms with Crippen LogP contribution in [0, 0.1) is 0 Å². The van der Waals surface area contributed by atoms with E-state index in [-0.39, 0.29) is 17.0 Å². The number of nitrogens with zero attached hydrogens (tertiary/aromatic N) is 6. The molecule has 6 nitrogen and oxygen atoms in total. The molecule has 126 valence electrons. The summed E-state index contributed by atoms with van der Waals surface area (Å²) in [6.07, 6.45) is 1.48. The van der Waals surface area contributed by atoms with Crippen LogP contribution in [0.2, 0.25) is 0 Å². The number of aromatic nitrogens is 2. The van der Waals surface area contributed by atoms with Crippen LogP contribution < -0.4 is 21.9 Å². The molecule has 0 saturated heterocycles. The molecule has 0 aliphatic carbocycles. The second-order valence-electron chi connectivity index (χ2n) is 6.03. The van der Waals surface area contributed by atoms with Gasteiger partial charge in [-0.3, -0.25) is 0 Å². The number of azo groups is 1. The highest BCUT2D eigenvalue weighted by molar-refractivity contribution is 7.09. The summed E-state index contributed by atoms with van der Waals surface area (Å²) in [5.74, 6) is 0. The average molecular weight is 399 g/mol. The molecule has 23 heavy (non-hydrogen) atoms. The summed E-state index contributed by atoms with van der Waals surface area (Å²) in [6.45, 7) is 5.31. The first-order valence-corrected chi connectivity index (χ1v) is 8.09. The minimum absolute atomic E-state index is 0. The Hall–Kier alpha value is -1.38. The van der Waals surface area contributed by atoms with Gasteiger partial charge in [0, 0.05) is 23.8 Å². The zero-order valence-corrected chi connectivity index (χ0v) is 16.4. The van der Waals surface area contributed by atoms with Gasteiger partial charge in [-0.2, -0.15) is 4.37 Å². The molecular formula is C15H23BrN6S. The number of quaternary nitrogens is 1. The first-order valence-electron chi connectivity index (χ1n) is 7.32. The molecule has 1 heterocycles. The van der Waals surface area contributed by atoms with Gasteiger partial charge in [-0.1, -0.05) is 0 Å². The van der Waals surface area contributed by atoms with Gasteiger partial charge in [-0.05, 0) is 31.2 Å². The lowest BCUT2D eigenvalue weighted by atomic mass is 10.2. The van der Waals surface area contributed by atoms with E-state index in [1.807, 2.05) is 12.1 Å². The predicted molar refractivity (Wildman–Crippen MR) is 91.3 cm³/mol. The lowest BCUT2D eigenvalue weighted by Crippen LogP contribution is -3.00. The van der Waals surface area contributed by atoms with Crippen LogP contribution in [-0.2, 0) is 0 Å². The Morgan fingerprint density at radius 2 is 1.83 bits per heavy atom. The first-order chi connectivity index (χ1) is 10.5. The third-order valence-electron chi connectivity index (χ3n) is 3.24. The smallest absolute Gasteiger partial charge is 0.249 e. The molecule has 0 spiro atoms. The van der Waals surface area contributed by atoms with E-state index in [0.29, 0.717) is 5.13 Å². The van der Waals surface area contributed by atoms with Crippen molar-refractivity contribution in [1.82, 2.24) is 9.36 Å². The highest BCUT2D eigenvalue weighted by atomic mass is 79.9. The van der Waals surface area contributed by atoms with E-state index in [0.717, 1.165) is 29.8 Å². The number of hydrogen-bond acceptors (Lipinski definition) is 6. The second kappa shape index (κ2) is 9.05. The molecule has 0 bridgehead atoms. The van der Waals surface area contributed by atoms with E-state index in [4.69, 9.17) is 0 Å². The van der Waals surface area contributed by atoms with Crippen LogP contribution in [0.1, 0.15) is 6.92 Å². The van der Waals surface area contributed by atoms with Crippen LogP contribution in [-0.4, -0.2) is 54.6 Å². The van der Waals surface area contributed by atoms with Crippen LogP contribution in [0.4, 0.5) is 16.5 Å². The van der Waals surface area contributed by atoms with Crippen molar-refractivity contribution in [3.05, 3.63) is 30.6 Å². The van der Waals surface area contributed by atoms with E-state index in [2.05, 4.69) is 64.7 Å². The third-order valence-corrected chi connectivity index (χ3v) is 3.79. The largest absolute Gasteiger partial charge is 1.00 e. The highest BCUT2D eigenvalue weighted by Gasteiger charge is 2.11. The Kier molecular flexibility index (Phi) is 7.74. The predicted octanol–water partition coefficient (Wildman–Crippen LogP) is 0.490. The van der Waals surface area contributed by atoms with Crippen molar-refractivity contribution in [2.75, 3.05) is 45.7 Å². The SMILES string of the molecule is CCN(CC[N+](C)(C)C)c1ccc(/N=N/c2ncns2)cc1.[Br-]. The number of likely N-dealkylation sites (N-methyl/N-ethyl adjacent to an activating group) is 2. The fourth-order valence-electron chi connectivity index (χ4n) is 1.93. The van der Waals surface area contributed by atoms with Crippen LogP contribution in [0.5, 0.6) is 0 Å². The minimum atomic E-state index is 0. The van der Waals surface area contributed by atoms with Crippen LogP contribution in [0.15, 0.2) is 40.8 Å². The van der Waals surface area contributed by atoms with Crippen molar-refractivity contribution in [2.24, 2.45) is 10.2 Å². The number of anilines is 1. The molecule has 2 aromatic rings. The van der Waals surface area contributed by atoms with E-state index >= 15 is 0 Å². The number of hydrogen-bond donors (Lipinski definition) is 0. The zero-order valence-electron chi connectivity index (χ0n) is 14.0. The van der Waals surface area contributed by atoms with Crippen molar-refractivity contribution in [1.29, 1.82) is 0 Å². The van der Waals surface area contributed by atoms with Crippen LogP contribution in [0.25, 0.3) is 0 Å². The van der Waals surface area contributed by atoms with Gasteiger partial charge in [0.1, 0.15) is 6.33 Å². The molecule has 1 aromatic heterocycles. The average Bonchev–Trinajstić information content (AvgIpc) is 2.99. The van der Waals surface area contributed by atoms with Gasteiger partial charge >= 0.3 is 0 Å². The maximum Gasteiger partial charge on any atom is 0.249 e. The summed E-state index contributed by atoms with van der Waals surface area (Å²) in [5.41, 5.74) is 2.03. The fourth-order valence-corrected chi connectivity index (χ4v) is 2.29. The van der Waals surface area contributed by atoms with Gasteiger partial charge < -0.3 is 26.4 Å². The molecule has 0 saturated carbocycles. The van der Waals surface area contributed by atoms with Crippen LogP contribution in [0.3, 0.4) is 0 Å². The summed E-state index contributed by atoms with van der Waals surface area (Å²) >= 11 is 1.23. The van der Waals surface area contributed by atoms with Crippen molar-refractivity contribution in [3.63, 3.8) is 0 Å². The molecule has 2 rings (SSSR count). The Morgan fingerprint density at radius 3 is 2.35 bits per heavy atom. The monoisotopic (exact) mass is 398 g/mol. The van der Waals surface area contributed by atoms with Gasteiger partial charge in [0.25, 0.3) is 0 Å². The van der Waals surface area contributed by atoms with Gasteiger partial charge in [0.15, 0.2) is 0 Å². The minimum Gasteiger partial charge on any atom is -1.00 e. The summed E-state index contributed by atoms with van der Waals surface area (Å²) in [4.78, 5) is 6.34. The Balaban J connectivity index is 0.00000264. The molecule has 0 atom stereocenters. The van der Waals surface area contributed by atoms with Gasteiger partial charge in [0.2, 0.25) is 5.13 Å². The standard InChI is InChI=1S/C15H23N6S.BrH/c1-5-20(10-11-21(2,3)4)14-8-6-13(7-9-14)18-19-15-16-12-17-22-15;/h6-9,12H,5,10-11H2,1-4H3;1H/q+1;/p-1/b19-18+;. The summed E-state index contributed by atoms with van der Waals surface area (Å²) in [5, 5.41) is 8.80. The van der Waals surface area contributed by atoms with Crippen molar-refractivity contribution < 1.29 is 21.5 Å². The molecule has 0 unspecified atom stereocenters. The molecule has 1 aromatic carbocycles. The van der Waals surface area contributed by atoms with Crippen molar-refractivity contribution in [3.8, 4) is 0 Å². The molecule has 0 aliphatic rings. The molecule has 0 amide bonds. The molecule has 0 radical (unpaired) electrons. The molecule has 0 N–H and O–H groups in total. The lowest BCUT2D eigenvalue weighted by molar-refractivity contribution is -0.868. The summed E-state index contributed by atoms with van der Waals surface area (Å²) in [6, 6.07) is 8.14. The Labute approximate surface area is 152 Å². The molecule has 8 heteroatoms. The number of benzene rings is 1. The third kappa shape index (κ3) is 6.72. The van der Waals surface area contributed by atoms with E-state index in [1.54, 1.807) is 0 Å². The Bertz CT molecular complexity index is 591. The van der Waals surface area contributed by atoms with Gasteiger partial charge in [-0.25, -0.2) is 4.98 Å². The topological polar surface area (TPSA) is 53.7 Å². The lowest BCUT2D eigenvalue weighted by Gasteiger charge is -2.29. The summed E-state index contributed by atoms with van der Waals surface area (Å²) < 4.78 is 4.85. The van der Waals surface area contributed by atoms with Gasteiger partial charge in [0.05, 0.1) is 39.9 Å². The maximum absolute atomic E-state index is 4.17. The molecule has 0 aliphatic heterocycles. The Morgan fingerprint density at radius 1 is 1.13 bits per heavy atom. The highest BCUT2D eigenvalue weighted by Crippen LogP contribution is 2.22. The zero-order chi connectivity index (χ0) is 16.0. The molecular weight excluding hydrogens is 376 g/mol. The van der Waals surface area contributed by atoms with Crippen molar-refractivity contribution in [2.45, 2.75) is 6.92 Å².